The molecule has 0 atom stereocenters. The molecule has 18 heavy (non-hydrogen) atoms. The van der Waals surface area contributed by atoms with Crippen molar-refractivity contribution in [3.63, 3.8) is 0 Å². The summed E-state index contributed by atoms with van der Waals surface area (Å²) < 4.78 is 1.78. The van der Waals surface area contributed by atoms with Crippen LogP contribution in [0.25, 0.3) is 5.65 Å². The standard InChI is InChI=1S/C13H17N3O2/c1-4-15(5-2)10-6-9(3)12-14-11(13(17)18)8-16(12)7-10/h6-8H,4-5H2,1-3H3,(H,17,18). The maximum absolute atomic E-state index is 10.9. The van der Waals surface area contributed by atoms with Crippen LogP contribution in [0, 0.1) is 6.92 Å². The number of rotatable bonds is 4. The summed E-state index contributed by atoms with van der Waals surface area (Å²) in [5, 5.41) is 8.96. The summed E-state index contributed by atoms with van der Waals surface area (Å²) in [5.41, 5.74) is 2.84. The van der Waals surface area contributed by atoms with Crippen molar-refractivity contribution >= 4 is 17.3 Å². The number of anilines is 1. The molecule has 0 saturated heterocycles. The van der Waals surface area contributed by atoms with Crippen LogP contribution in [0.2, 0.25) is 0 Å². The van der Waals surface area contributed by atoms with Gasteiger partial charge in [0.25, 0.3) is 0 Å². The van der Waals surface area contributed by atoms with Crippen LogP contribution in [0.4, 0.5) is 5.69 Å². The van der Waals surface area contributed by atoms with Gasteiger partial charge in [-0.05, 0) is 32.4 Å². The number of aryl methyl sites for hydroxylation is 1. The SMILES string of the molecule is CCN(CC)c1cc(C)c2nc(C(=O)O)cn2c1. The molecule has 0 aliphatic rings. The predicted molar refractivity (Wildman–Crippen MR) is 70.4 cm³/mol. The minimum absolute atomic E-state index is 0.0785. The number of carboxylic acids is 1. The molecule has 0 spiro atoms. The van der Waals surface area contributed by atoms with Gasteiger partial charge in [0.05, 0.1) is 5.69 Å². The zero-order valence-electron chi connectivity index (χ0n) is 10.8. The minimum Gasteiger partial charge on any atom is -0.476 e. The number of fused-ring (bicyclic) bond motifs is 1. The maximum Gasteiger partial charge on any atom is 0.356 e. The number of carbonyl (C=O) groups is 1. The second-order valence-corrected chi connectivity index (χ2v) is 4.22. The second-order valence-electron chi connectivity index (χ2n) is 4.22. The molecule has 2 aromatic rings. The van der Waals surface area contributed by atoms with Crippen LogP contribution in [-0.2, 0) is 0 Å². The molecule has 96 valence electrons. The third-order valence-electron chi connectivity index (χ3n) is 3.07. The highest BCUT2D eigenvalue weighted by molar-refractivity contribution is 5.86. The van der Waals surface area contributed by atoms with Gasteiger partial charge in [-0.15, -0.1) is 0 Å². The Bertz CT molecular complexity index is 585. The molecule has 2 aromatic heterocycles. The molecule has 0 fully saturated rings. The number of hydrogen-bond acceptors (Lipinski definition) is 3. The zero-order valence-corrected chi connectivity index (χ0v) is 10.8. The van der Waals surface area contributed by atoms with Crippen molar-refractivity contribution in [2.45, 2.75) is 20.8 Å². The monoisotopic (exact) mass is 247 g/mol. The third-order valence-corrected chi connectivity index (χ3v) is 3.07. The summed E-state index contributed by atoms with van der Waals surface area (Å²) in [6.07, 6.45) is 3.48. The van der Waals surface area contributed by atoms with Crippen LogP contribution in [0.3, 0.4) is 0 Å². The molecule has 5 heteroatoms. The van der Waals surface area contributed by atoms with Gasteiger partial charge < -0.3 is 14.4 Å². The van der Waals surface area contributed by atoms with Crippen molar-refractivity contribution in [1.82, 2.24) is 9.38 Å². The number of aromatic carboxylic acids is 1. The number of nitrogens with zero attached hydrogens (tertiary/aromatic N) is 3. The quantitative estimate of drug-likeness (QED) is 0.899. The topological polar surface area (TPSA) is 57.8 Å². The van der Waals surface area contributed by atoms with E-state index in [9.17, 15) is 4.79 Å². The molecule has 0 aliphatic carbocycles. The van der Waals surface area contributed by atoms with Gasteiger partial charge in [-0.1, -0.05) is 0 Å². The highest BCUT2D eigenvalue weighted by Crippen LogP contribution is 2.20. The van der Waals surface area contributed by atoms with Crippen LogP contribution in [-0.4, -0.2) is 33.6 Å². The fourth-order valence-corrected chi connectivity index (χ4v) is 2.11. The molecule has 0 unspecified atom stereocenters. The Labute approximate surface area is 106 Å². The molecule has 0 saturated carbocycles. The number of hydrogen-bond donors (Lipinski definition) is 1. The molecule has 1 N–H and O–H groups in total. The minimum atomic E-state index is -0.998. The van der Waals surface area contributed by atoms with Crippen LogP contribution < -0.4 is 4.90 Å². The summed E-state index contributed by atoms with van der Waals surface area (Å²) in [4.78, 5) is 17.3. The maximum atomic E-state index is 10.9. The first-order valence-electron chi connectivity index (χ1n) is 6.04. The van der Waals surface area contributed by atoms with Crippen molar-refractivity contribution in [1.29, 1.82) is 0 Å². The Morgan fingerprint density at radius 2 is 2.06 bits per heavy atom. The Hall–Kier alpha value is -2.04. The zero-order chi connectivity index (χ0) is 13.3. The first kappa shape index (κ1) is 12.4. The van der Waals surface area contributed by atoms with E-state index in [1.807, 2.05) is 19.2 Å². The molecular weight excluding hydrogens is 230 g/mol. The molecule has 0 amide bonds. The lowest BCUT2D eigenvalue weighted by atomic mass is 10.2. The molecule has 2 heterocycles. The van der Waals surface area contributed by atoms with Gasteiger partial charge in [0, 0.05) is 25.5 Å². The lowest BCUT2D eigenvalue weighted by Gasteiger charge is -2.21. The third kappa shape index (κ3) is 2.03. The van der Waals surface area contributed by atoms with Crippen LogP contribution in [0.15, 0.2) is 18.5 Å². The average Bonchev–Trinajstić information content (AvgIpc) is 2.75. The van der Waals surface area contributed by atoms with Crippen LogP contribution in [0.1, 0.15) is 29.9 Å². The molecule has 0 bridgehead atoms. The molecule has 0 radical (unpaired) electrons. The van der Waals surface area contributed by atoms with Crippen molar-refractivity contribution < 1.29 is 9.90 Å². The number of aromatic nitrogens is 2. The van der Waals surface area contributed by atoms with E-state index in [0.29, 0.717) is 5.65 Å². The number of pyridine rings is 1. The Morgan fingerprint density at radius 1 is 1.39 bits per heavy atom. The highest BCUT2D eigenvalue weighted by atomic mass is 16.4. The first-order valence-corrected chi connectivity index (χ1v) is 6.04. The Balaban J connectivity index is 2.57. The summed E-state index contributed by atoms with van der Waals surface area (Å²) >= 11 is 0. The summed E-state index contributed by atoms with van der Waals surface area (Å²) in [5.74, 6) is -0.998. The number of imidazole rings is 1. The van der Waals surface area contributed by atoms with E-state index in [1.54, 1.807) is 10.6 Å². The fourth-order valence-electron chi connectivity index (χ4n) is 2.11. The van der Waals surface area contributed by atoms with Gasteiger partial charge in [0.2, 0.25) is 0 Å². The van der Waals surface area contributed by atoms with E-state index in [2.05, 4.69) is 23.7 Å². The van der Waals surface area contributed by atoms with Crippen molar-refractivity contribution in [2.75, 3.05) is 18.0 Å². The van der Waals surface area contributed by atoms with E-state index >= 15 is 0 Å². The van der Waals surface area contributed by atoms with Crippen LogP contribution >= 0.6 is 0 Å². The van der Waals surface area contributed by atoms with E-state index in [1.165, 1.54) is 0 Å². The second kappa shape index (κ2) is 4.68. The van der Waals surface area contributed by atoms with Crippen molar-refractivity contribution in [3.8, 4) is 0 Å². The Kier molecular flexibility index (Phi) is 3.23. The van der Waals surface area contributed by atoms with Crippen molar-refractivity contribution in [2.24, 2.45) is 0 Å². The summed E-state index contributed by atoms with van der Waals surface area (Å²) in [6.45, 7) is 7.98. The van der Waals surface area contributed by atoms with Crippen LogP contribution in [0.5, 0.6) is 0 Å². The molecule has 2 rings (SSSR count). The predicted octanol–water partition coefficient (Wildman–Crippen LogP) is 2.19. The van der Waals surface area contributed by atoms with Gasteiger partial charge in [-0.2, -0.15) is 0 Å². The smallest absolute Gasteiger partial charge is 0.356 e. The van der Waals surface area contributed by atoms with E-state index in [4.69, 9.17) is 5.11 Å². The van der Waals surface area contributed by atoms with Gasteiger partial charge in [0.15, 0.2) is 5.69 Å². The largest absolute Gasteiger partial charge is 0.476 e. The summed E-state index contributed by atoms with van der Waals surface area (Å²) in [6, 6.07) is 2.04. The van der Waals surface area contributed by atoms with E-state index in [-0.39, 0.29) is 5.69 Å². The van der Waals surface area contributed by atoms with Crippen molar-refractivity contribution in [3.05, 3.63) is 29.7 Å². The molecule has 0 aliphatic heterocycles. The highest BCUT2D eigenvalue weighted by Gasteiger charge is 2.12. The van der Waals surface area contributed by atoms with E-state index in [0.717, 1.165) is 24.3 Å². The van der Waals surface area contributed by atoms with Gasteiger partial charge in [-0.25, -0.2) is 9.78 Å². The van der Waals surface area contributed by atoms with Gasteiger partial charge in [0.1, 0.15) is 5.65 Å². The normalized spacial score (nSPS) is 10.8. The van der Waals surface area contributed by atoms with E-state index < -0.39 is 5.97 Å². The van der Waals surface area contributed by atoms with Gasteiger partial charge >= 0.3 is 5.97 Å². The molecule has 5 nitrogen and oxygen atoms in total. The Morgan fingerprint density at radius 3 is 2.61 bits per heavy atom. The fraction of sp³-hybridized carbons (Fsp3) is 0.385. The molecule has 0 aromatic carbocycles. The molecular formula is C13H17N3O2. The lowest BCUT2D eigenvalue weighted by molar-refractivity contribution is 0.0691. The number of carboxylic acid groups (broad SMARTS) is 1. The first-order chi connectivity index (χ1) is 8.56. The van der Waals surface area contributed by atoms with Gasteiger partial charge in [-0.3, -0.25) is 0 Å². The lowest BCUT2D eigenvalue weighted by Crippen LogP contribution is -2.22. The summed E-state index contributed by atoms with van der Waals surface area (Å²) in [7, 11) is 0. The average molecular weight is 247 g/mol.